The SMILES string of the molecule is [2H]c1c([2H])c(N(c2c([2H])c([2H])c(-c3cccc4oc5ccccc5c34)c([2H])c2[2H])c2cccc3oc4c5ccccc5ccc4c23)c([2H])c([2H])c1-c1ccc(-c2ccccc2)cc1. The molecule has 9 aromatic carbocycles. The molecule has 258 valence electrons. The number of benzene rings is 9. The van der Waals surface area contributed by atoms with E-state index < -0.39 is 24.2 Å². The Balaban J connectivity index is 1.19. The second-order valence-electron chi connectivity index (χ2n) is 13.4. The summed E-state index contributed by atoms with van der Waals surface area (Å²) >= 11 is 0. The van der Waals surface area contributed by atoms with Gasteiger partial charge in [0, 0.05) is 32.9 Å². The minimum Gasteiger partial charge on any atom is -0.456 e. The van der Waals surface area contributed by atoms with Crippen LogP contribution in [0.15, 0.2) is 209 Å². The van der Waals surface area contributed by atoms with Crippen LogP contribution in [0.2, 0.25) is 0 Å². The van der Waals surface area contributed by atoms with Crippen LogP contribution in [0, 0.1) is 0 Å². The lowest BCUT2D eigenvalue weighted by atomic mass is 9.98. The molecule has 2 aromatic heterocycles. The van der Waals surface area contributed by atoms with E-state index in [2.05, 4.69) is 0 Å². The topological polar surface area (TPSA) is 29.5 Å². The van der Waals surface area contributed by atoms with Crippen LogP contribution in [0.4, 0.5) is 17.1 Å². The number of hydrogen-bond donors (Lipinski definition) is 0. The highest BCUT2D eigenvalue weighted by Gasteiger charge is 2.21. The summed E-state index contributed by atoms with van der Waals surface area (Å²) in [7, 11) is 0. The number of rotatable bonds is 6. The summed E-state index contributed by atoms with van der Waals surface area (Å²) in [6.45, 7) is 0. The van der Waals surface area contributed by atoms with E-state index in [1.54, 1.807) is 48.5 Å². The van der Waals surface area contributed by atoms with Crippen LogP contribution >= 0.6 is 0 Å². The van der Waals surface area contributed by atoms with Gasteiger partial charge in [-0.1, -0.05) is 145 Å². The predicted molar refractivity (Wildman–Crippen MR) is 229 cm³/mol. The Kier molecular flexibility index (Phi) is 5.53. The van der Waals surface area contributed by atoms with Crippen LogP contribution in [0.3, 0.4) is 0 Å². The van der Waals surface area contributed by atoms with Gasteiger partial charge in [-0.05, 0) is 93.3 Å². The summed E-state index contributed by atoms with van der Waals surface area (Å²) < 4.78 is 89.6. The third kappa shape index (κ3) is 5.20. The van der Waals surface area contributed by atoms with E-state index in [9.17, 15) is 11.0 Å². The van der Waals surface area contributed by atoms with Crippen LogP contribution in [0.5, 0.6) is 0 Å². The van der Waals surface area contributed by atoms with Crippen molar-refractivity contribution in [3.05, 3.63) is 200 Å². The second kappa shape index (κ2) is 12.6. The predicted octanol–water partition coefficient (Wildman–Crippen LogP) is 15.1. The molecule has 0 unspecified atom stereocenters. The normalized spacial score (nSPS) is 13.7. The molecular formula is C52H33NO2. The molecular weight excluding hydrogens is 671 g/mol. The third-order valence-electron chi connectivity index (χ3n) is 10.2. The lowest BCUT2D eigenvalue weighted by Gasteiger charge is -2.26. The molecule has 11 aromatic rings. The third-order valence-corrected chi connectivity index (χ3v) is 10.2. The molecule has 0 aliphatic rings. The first-order valence-electron chi connectivity index (χ1n) is 22.0. The van der Waals surface area contributed by atoms with Crippen molar-refractivity contribution in [3.63, 3.8) is 0 Å². The van der Waals surface area contributed by atoms with Gasteiger partial charge in [0.1, 0.15) is 22.3 Å². The molecule has 0 spiro atoms. The number of para-hydroxylation sites is 1. The van der Waals surface area contributed by atoms with E-state index in [4.69, 9.17) is 8.83 Å². The largest absolute Gasteiger partial charge is 0.456 e. The number of anilines is 3. The fraction of sp³-hybridized carbons (Fsp3) is 0. The van der Waals surface area contributed by atoms with Gasteiger partial charge < -0.3 is 13.7 Å². The lowest BCUT2D eigenvalue weighted by molar-refractivity contribution is 0.669. The van der Waals surface area contributed by atoms with Crippen LogP contribution in [-0.4, -0.2) is 0 Å². The maximum absolute atomic E-state index is 9.75. The zero-order chi connectivity index (χ0) is 43.3. The average molecular weight is 712 g/mol. The van der Waals surface area contributed by atoms with Crippen molar-refractivity contribution in [3.8, 4) is 33.4 Å². The Morgan fingerprint density at radius 1 is 0.364 bits per heavy atom. The number of hydrogen-bond acceptors (Lipinski definition) is 3. The summed E-state index contributed by atoms with van der Waals surface area (Å²) in [6, 6.07) is 43.7. The first-order valence-corrected chi connectivity index (χ1v) is 18.0. The van der Waals surface area contributed by atoms with Gasteiger partial charge in [0.25, 0.3) is 0 Å². The quantitative estimate of drug-likeness (QED) is 0.172. The van der Waals surface area contributed by atoms with E-state index in [1.165, 1.54) is 4.90 Å². The van der Waals surface area contributed by atoms with Gasteiger partial charge in [-0.15, -0.1) is 0 Å². The highest BCUT2D eigenvalue weighted by molar-refractivity contribution is 6.19. The first-order chi connectivity index (χ1) is 30.6. The van der Waals surface area contributed by atoms with E-state index in [0.29, 0.717) is 55.3 Å². The Morgan fingerprint density at radius 3 is 1.71 bits per heavy atom. The van der Waals surface area contributed by atoms with Gasteiger partial charge in [-0.3, -0.25) is 0 Å². The Morgan fingerprint density at radius 2 is 0.945 bits per heavy atom. The van der Waals surface area contributed by atoms with Crippen molar-refractivity contribution in [2.45, 2.75) is 0 Å². The van der Waals surface area contributed by atoms with Crippen molar-refractivity contribution >= 4 is 71.7 Å². The van der Waals surface area contributed by atoms with Gasteiger partial charge >= 0.3 is 0 Å². The molecule has 55 heavy (non-hydrogen) atoms. The molecule has 0 radical (unpaired) electrons. The Hall–Kier alpha value is -7.36. The van der Waals surface area contributed by atoms with Gasteiger partial charge in [-0.2, -0.15) is 0 Å². The van der Waals surface area contributed by atoms with E-state index >= 15 is 0 Å². The van der Waals surface area contributed by atoms with Gasteiger partial charge in [0.15, 0.2) is 0 Å². The van der Waals surface area contributed by atoms with Crippen LogP contribution < -0.4 is 4.90 Å². The summed E-state index contributed by atoms with van der Waals surface area (Å²) in [4.78, 5) is 1.36. The van der Waals surface area contributed by atoms with Crippen LogP contribution in [-0.2, 0) is 0 Å². The highest BCUT2D eigenvalue weighted by Crippen LogP contribution is 2.45. The minimum atomic E-state index is -0.441. The molecule has 0 aliphatic heterocycles. The van der Waals surface area contributed by atoms with Crippen molar-refractivity contribution < 1.29 is 19.8 Å². The first kappa shape index (κ1) is 24.1. The van der Waals surface area contributed by atoms with E-state index in [0.717, 1.165) is 27.3 Å². The zero-order valence-electron chi connectivity index (χ0n) is 37.2. The van der Waals surface area contributed by atoms with Gasteiger partial charge in [0.2, 0.25) is 0 Å². The molecule has 3 nitrogen and oxygen atoms in total. The second-order valence-corrected chi connectivity index (χ2v) is 13.4. The van der Waals surface area contributed by atoms with Crippen molar-refractivity contribution in [2.24, 2.45) is 0 Å². The van der Waals surface area contributed by atoms with Gasteiger partial charge in [-0.25, -0.2) is 0 Å². The molecule has 0 aliphatic carbocycles. The number of furan rings is 2. The fourth-order valence-electron chi connectivity index (χ4n) is 7.63. The van der Waals surface area contributed by atoms with Gasteiger partial charge in [0.05, 0.1) is 22.0 Å². The molecule has 0 atom stereocenters. The van der Waals surface area contributed by atoms with Crippen molar-refractivity contribution in [1.82, 2.24) is 0 Å². The van der Waals surface area contributed by atoms with Crippen molar-refractivity contribution in [1.29, 1.82) is 0 Å². The van der Waals surface area contributed by atoms with E-state index in [1.807, 2.05) is 103 Å². The van der Waals surface area contributed by atoms with Crippen molar-refractivity contribution in [2.75, 3.05) is 4.90 Å². The lowest BCUT2D eigenvalue weighted by Crippen LogP contribution is -2.10. The maximum Gasteiger partial charge on any atom is 0.143 e. The molecule has 11 rings (SSSR count). The molecule has 3 heteroatoms. The fourth-order valence-corrected chi connectivity index (χ4v) is 7.63. The zero-order valence-corrected chi connectivity index (χ0v) is 29.2. The smallest absolute Gasteiger partial charge is 0.143 e. The molecule has 0 bridgehead atoms. The standard InChI is InChI=1S/C52H33NO2/c1-2-10-34(11-3-1)35-20-22-36(23-21-35)37-24-29-40(30-25-37)53(46-16-9-19-49-51(46)45-33-28-38-12-4-5-13-43(38)52(45)55-49)41-31-26-39(27-32-41)42-15-8-18-48-50(42)44-14-6-7-17-47(44)54-48/h1-33H/i24D,25D,26D,27D,29D,30D,31D,32D. The highest BCUT2D eigenvalue weighted by atomic mass is 16.3. The minimum absolute atomic E-state index is 0.0538. The molecule has 0 saturated heterocycles. The number of nitrogens with zero attached hydrogens (tertiary/aromatic N) is 1. The monoisotopic (exact) mass is 711 g/mol. The summed E-state index contributed by atoms with van der Waals surface area (Å²) in [5.41, 5.74) is 4.96. The average Bonchev–Trinajstić information content (AvgIpc) is 3.90. The Bertz CT molecular complexity index is 3620. The maximum atomic E-state index is 9.75. The van der Waals surface area contributed by atoms with E-state index in [-0.39, 0.29) is 46.7 Å². The Labute approximate surface area is 329 Å². The van der Waals surface area contributed by atoms with Crippen LogP contribution in [0.25, 0.3) is 88.0 Å². The molecule has 0 amide bonds. The molecule has 0 saturated carbocycles. The number of fused-ring (bicyclic) bond motifs is 8. The molecule has 0 fully saturated rings. The summed E-state index contributed by atoms with van der Waals surface area (Å²) in [5, 5.41) is 4.42. The summed E-state index contributed by atoms with van der Waals surface area (Å²) in [6.07, 6.45) is 0. The summed E-state index contributed by atoms with van der Waals surface area (Å²) in [5.74, 6) is 0. The molecule has 2 heterocycles. The van der Waals surface area contributed by atoms with Crippen LogP contribution in [0.1, 0.15) is 11.0 Å². The molecule has 0 N–H and O–H groups in total.